The summed E-state index contributed by atoms with van der Waals surface area (Å²) in [6.07, 6.45) is 0. The average molecular weight is 299 g/mol. The van der Waals surface area contributed by atoms with Crippen LogP contribution >= 0.6 is 15.9 Å². The van der Waals surface area contributed by atoms with E-state index in [2.05, 4.69) is 15.9 Å². The monoisotopic (exact) mass is 298 g/mol. The molecule has 0 saturated carbocycles. The summed E-state index contributed by atoms with van der Waals surface area (Å²) in [4.78, 5) is 0. The molecule has 0 atom stereocenters. The molecule has 0 saturated heterocycles. The van der Waals surface area contributed by atoms with Crippen molar-refractivity contribution in [1.29, 1.82) is 0 Å². The first-order chi connectivity index (χ1) is 8.16. The molecule has 0 aromatic heterocycles. The quantitative estimate of drug-likeness (QED) is 0.768. The minimum atomic E-state index is -0.920. The minimum Gasteiger partial charge on any atom is -0.488 e. The van der Waals surface area contributed by atoms with Crippen molar-refractivity contribution >= 4 is 15.9 Å². The Morgan fingerprint density at radius 1 is 1.00 bits per heavy atom. The lowest BCUT2D eigenvalue weighted by atomic mass is 10.2. The van der Waals surface area contributed by atoms with Crippen LogP contribution in [0.2, 0.25) is 0 Å². The van der Waals surface area contributed by atoms with Gasteiger partial charge < -0.3 is 4.74 Å². The van der Waals surface area contributed by atoms with E-state index in [4.69, 9.17) is 4.74 Å². The van der Waals surface area contributed by atoms with E-state index in [1.165, 1.54) is 0 Å². The van der Waals surface area contributed by atoms with Gasteiger partial charge in [0.25, 0.3) is 0 Å². The van der Waals surface area contributed by atoms with Crippen LogP contribution in [-0.4, -0.2) is 0 Å². The van der Waals surface area contributed by atoms with E-state index in [9.17, 15) is 8.78 Å². The van der Waals surface area contributed by atoms with E-state index in [0.717, 1.165) is 17.7 Å². The lowest BCUT2D eigenvalue weighted by Gasteiger charge is -2.08. The van der Waals surface area contributed by atoms with Crippen molar-refractivity contribution in [2.45, 2.75) is 6.61 Å². The van der Waals surface area contributed by atoms with Crippen LogP contribution in [0.5, 0.6) is 5.75 Å². The number of ether oxygens (including phenoxy) is 1. The molecule has 88 valence electrons. The van der Waals surface area contributed by atoms with Crippen molar-refractivity contribution < 1.29 is 13.5 Å². The zero-order chi connectivity index (χ0) is 12.3. The molecule has 0 amide bonds. The molecule has 2 rings (SSSR count). The molecule has 0 bridgehead atoms. The van der Waals surface area contributed by atoms with Crippen molar-refractivity contribution in [2.75, 3.05) is 0 Å². The van der Waals surface area contributed by atoms with Crippen molar-refractivity contribution in [3.05, 3.63) is 64.1 Å². The second kappa shape index (κ2) is 5.27. The molecule has 4 heteroatoms. The van der Waals surface area contributed by atoms with Gasteiger partial charge in [0.15, 0.2) is 11.6 Å². The largest absolute Gasteiger partial charge is 0.488 e. The highest BCUT2D eigenvalue weighted by Crippen LogP contribution is 2.28. The van der Waals surface area contributed by atoms with Crippen molar-refractivity contribution in [1.82, 2.24) is 0 Å². The normalized spacial score (nSPS) is 10.3. The SMILES string of the molecule is Fc1cc(Br)c(OCc2ccccc2)cc1F. The second-order valence-corrected chi connectivity index (χ2v) is 4.33. The molecular weight excluding hydrogens is 290 g/mol. The zero-order valence-electron chi connectivity index (χ0n) is 8.79. The summed E-state index contributed by atoms with van der Waals surface area (Å²) >= 11 is 3.12. The topological polar surface area (TPSA) is 9.23 Å². The minimum absolute atomic E-state index is 0.285. The van der Waals surface area contributed by atoms with Gasteiger partial charge in [-0.3, -0.25) is 0 Å². The van der Waals surface area contributed by atoms with Crippen LogP contribution in [0.15, 0.2) is 46.9 Å². The van der Waals surface area contributed by atoms with Crippen LogP contribution in [0.1, 0.15) is 5.56 Å². The Hall–Kier alpha value is -1.42. The summed E-state index contributed by atoms with van der Waals surface area (Å²) in [6.45, 7) is 0.310. The van der Waals surface area contributed by atoms with Gasteiger partial charge in [0.05, 0.1) is 4.47 Å². The maximum absolute atomic E-state index is 13.0. The molecule has 0 fully saturated rings. The van der Waals surface area contributed by atoms with E-state index < -0.39 is 11.6 Å². The van der Waals surface area contributed by atoms with Crippen LogP contribution in [0.3, 0.4) is 0 Å². The van der Waals surface area contributed by atoms with Gasteiger partial charge in [0, 0.05) is 6.07 Å². The van der Waals surface area contributed by atoms with E-state index in [-0.39, 0.29) is 5.75 Å². The highest BCUT2D eigenvalue weighted by molar-refractivity contribution is 9.10. The lowest BCUT2D eigenvalue weighted by molar-refractivity contribution is 0.301. The third kappa shape index (κ3) is 3.03. The van der Waals surface area contributed by atoms with Crippen LogP contribution < -0.4 is 4.74 Å². The predicted molar refractivity (Wildman–Crippen MR) is 64.8 cm³/mol. The number of benzene rings is 2. The van der Waals surface area contributed by atoms with Gasteiger partial charge in [-0.15, -0.1) is 0 Å². The van der Waals surface area contributed by atoms with Crippen LogP contribution in [0.4, 0.5) is 8.78 Å². The molecular formula is C13H9BrF2O. The molecule has 0 radical (unpaired) electrons. The Morgan fingerprint density at radius 2 is 1.65 bits per heavy atom. The van der Waals surface area contributed by atoms with Gasteiger partial charge in [-0.2, -0.15) is 0 Å². The molecule has 0 aliphatic carbocycles. The summed E-state index contributed by atoms with van der Waals surface area (Å²) in [5, 5.41) is 0. The Balaban J connectivity index is 2.12. The third-order valence-corrected chi connectivity index (χ3v) is 2.83. The van der Waals surface area contributed by atoms with E-state index in [1.807, 2.05) is 30.3 Å². The first-order valence-electron chi connectivity index (χ1n) is 4.98. The summed E-state index contributed by atoms with van der Waals surface area (Å²) < 4.78 is 31.7. The van der Waals surface area contributed by atoms with Gasteiger partial charge in [0.2, 0.25) is 0 Å². The van der Waals surface area contributed by atoms with Crippen LogP contribution in [-0.2, 0) is 6.61 Å². The van der Waals surface area contributed by atoms with Crippen molar-refractivity contribution in [3.8, 4) is 5.75 Å². The highest BCUT2D eigenvalue weighted by atomic mass is 79.9. The molecule has 1 nitrogen and oxygen atoms in total. The number of rotatable bonds is 3. The maximum Gasteiger partial charge on any atom is 0.162 e. The maximum atomic E-state index is 13.0. The van der Waals surface area contributed by atoms with E-state index in [0.29, 0.717) is 11.1 Å². The van der Waals surface area contributed by atoms with Crippen molar-refractivity contribution in [3.63, 3.8) is 0 Å². The first-order valence-corrected chi connectivity index (χ1v) is 5.77. The predicted octanol–water partition coefficient (Wildman–Crippen LogP) is 4.31. The Morgan fingerprint density at radius 3 is 2.35 bits per heavy atom. The molecule has 2 aromatic carbocycles. The summed E-state index contributed by atoms with van der Waals surface area (Å²) in [6, 6.07) is 11.6. The molecule has 0 unspecified atom stereocenters. The first kappa shape index (κ1) is 12.0. The fourth-order valence-electron chi connectivity index (χ4n) is 1.35. The Bertz CT molecular complexity index is 514. The van der Waals surface area contributed by atoms with Crippen molar-refractivity contribution in [2.24, 2.45) is 0 Å². The van der Waals surface area contributed by atoms with Gasteiger partial charge in [-0.1, -0.05) is 30.3 Å². The van der Waals surface area contributed by atoms with Gasteiger partial charge in [-0.25, -0.2) is 8.78 Å². The highest BCUT2D eigenvalue weighted by Gasteiger charge is 2.09. The summed E-state index contributed by atoms with van der Waals surface area (Å²) in [5.41, 5.74) is 0.962. The fourth-order valence-corrected chi connectivity index (χ4v) is 1.78. The number of hydrogen-bond acceptors (Lipinski definition) is 1. The molecule has 0 heterocycles. The van der Waals surface area contributed by atoms with Gasteiger partial charge in [0.1, 0.15) is 12.4 Å². The smallest absolute Gasteiger partial charge is 0.162 e. The molecule has 0 N–H and O–H groups in total. The molecule has 2 aromatic rings. The number of halogens is 3. The fraction of sp³-hybridized carbons (Fsp3) is 0.0769. The Kier molecular flexibility index (Phi) is 3.74. The second-order valence-electron chi connectivity index (χ2n) is 3.47. The summed E-state index contributed by atoms with van der Waals surface area (Å²) in [5.74, 6) is -1.53. The molecule has 0 aliphatic heterocycles. The lowest BCUT2D eigenvalue weighted by Crippen LogP contribution is -1.97. The Labute approximate surface area is 106 Å². The summed E-state index contributed by atoms with van der Waals surface area (Å²) in [7, 11) is 0. The zero-order valence-corrected chi connectivity index (χ0v) is 10.4. The average Bonchev–Trinajstić information content (AvgIpc) is 2.33. The third-order valence-electron chi connectivity index (χ3n) is 2.21. The molecule has 0 spiro atoms. The number of hydrogen-bond donors (Lipinski definition) is 0. The van der Waals surface area contributed by atoms with Gasteiger partial charge in [-0.05, 0) is 27.6 Å². The van der Waals surface area contributed by atoms with Crippen LogP contribution in [0, 0.1) is 11.6 Å². The standard InChI is InChI=1S/C13H9BrF2O/c14-10-6-11(15)12(16)7-13(10)17-8-9-4-2-1-3-5-9/h1-7H,8H2. The van der Waals surface area contributed by atoms with E-state index >= 15 is 0 Å². The molecule has 0 aliphatic rings. The van der Waals surface area contributed by atoms with Gasteiger partial charge >= 0.3 is 0 Å². The molecule has 17 heavy (non-hydrogen) atoms. The van der Waals surface area contributed by atoms with E-state index in [1.54, 1.807) is 0 Å². The van der Waals surface area contributed by atoms with Crippen LogP contribution in [0.25, 0.3) is 0 Å².